The van der Waals surface area contributed by atoms with E-state index < -0.39 is 42.0 Å². The summed E-state index contributed by atoms with van der Waals surface area (Å²) in [7, 11) is 0. The minimum Gasteiger partial charge on any atom is -0.480 e. The van der Waals surface area contributed by atoms with Crippen LogP contribution in [0.4, 0.5) is 0 Å². The SMILES string of the molecule is NC(Cc1cnc[nH]1)C(=O)N1CCCC1C(=O)NC(Cc1cnc[nH]1)C(=O)NC(Cc1c[nH]c2ccccc12)C(=O)O. The van der Waals surface area contributed by atoms with Crippen molar-refractivity contribution in [2.75, 3.05) is 6.54 Å². The monoisotopic (exact) mass is 575 g/mol. The van der Waals surface area contributed by atoms with E-state index in [0.29, 0.717) is 30.8 Å². The van der Waals surface area contributed by atoms with Crippen molar-refractivity contribution in [3.63, 3.8) is 0 Å². The number of aliphatic carboxylic acids is 1. The molecule has 4 heterocycles. The Morgan fingerprint density at radius 2 is 1.69 bits per heavy atom. The van der Waals surface area contributed by atoms with E-state index in [0.717, 1.165) is 16.5 Å². The van der Waals surface area contributed by atoms with Gasteiger partial charge in [-0.2, -0.15) is 0 Å². The van der Waals surface area contributed by atoms with E-state index in [1.54, 1.807) is 12.4 Å². The molecule has 0 spiro atoms. The molecule has 1 aliphatic rings. The van der Waals surface area contributed by atoms with E-state index in [1.807, 2.05) is 24.3 Å². The number of carboxylic acids is 1. The predicted molar refractivity (Wildman–Crippen MR) is 151 cm³/mol. The second kappa shape index (κ2) is 12.7. The highest BCUT2D eigenvalue weighted by Crippen LogP contribution is 2.21. The van der Waals surface area contributed by atoms with Crippen LogP contribution in [0, 0.1) is 0 Å². The quantitative estimate of drug-likeness (QED) is 0.122. The van der Waals surface area contributed by atoms with E-state index in [1.165, 1.54) is 23.8 Å². The van der Waals surface area contributed by atoms with Crippen LogP contribution in [-0.2, 0) is 38.4 Å². The molecule has 1 saturated heterocycles. The van der Waals surface area contributed by atoms with Crippen LogP contribution in [0.1, 0.15) is 29.8 Å². The van der Waals surface area contributed by atoms with Gasteiger partial charge < -0.3 is 41.3 Å². The Hall–Kier alpha value is -4.98. The van der Waals surface area contributed by atoms with Gasteiger partial charge in [0, 0.05) is 66.7 Å². The van der Waals surface area contributed by atoms with E-state index in [9.17, 15) is 24.3 Å². The standard InChI is InChI=1S/C28H33N9O5/c29-20(9-17-12-30-14-33-17)27(40)37-7-3-6-24(37)26(39)35-22(10-18-13-31-15-34-18)25(38)36-23(28(41)42)8-16-11-32-21-5-2-1-4-19(16)21/h1-2,4-5,11-15,20,22-24,32H,3,6-10,29H2,(H,30,33)(H,31,34)(H,35,39)(H,36,38)(H,41,42). The number of carbonyl (C=O) groups is 4. The third-order valence-electron chi connectivity index (χ3n) is 7.48. The number of hydrogen-bond acceptors (Lipinski definition) is 7. The molecule has 4 aromatic rings. The fourth-order valence-electron chi connectivity index (χ4n) is 5.32. The third-order valence-corrected chi connectivity index (χ3v) is 7.48. The van der Waals surface area contributed by atoms with Gasteiger partial charge in [-0.3, -0.25) is 14.4 Å². The molecule has 5 rings (SSSR count). The van der Waals surface area contributed by atoms with Gasteiger partial charge in [0.25, 0.3) is 0 Å². The van der Waals surface area contributed by atoms with Gasteiger partial charge in [-0.15, -0.1) is 0 Å². The number of carboxylic acid groups (broad SMARTS) is 1. The van der Waals surface area contributed by atoms with Crippen molar-refractivity contribution in [2.24, 2.45) is 5.73 Å². The van der Waals surface area contributed by atoms with Crippen molar-refractivity contribution in [1.29, 1.82) is 0 Å². The van der Waals surface area contributed by atoms with Crippen LogP contribution in [0.3, 0.4) is 0 Å². The molecular formula is C28H33N9O5. The number of para-hydroxylation sites is 1. The van der Waals surface area contributed by atoms with E-state index in [4.69, 9.17) is 5.73 Å². The van der Waals surface area contributed by atoms with Crippen molar-refractivity contribution in [2.45, 2.75) is 56.3 Å². The number of aromatic amines is 3. The average molecular weight is 576 g/mol. The Kier molecular flexibility index (Phi) is 8.62. The Labute approximate surface area is 240 Å². The molecule has 14 nitrogen and oxygen atoms in total. The predicted octanol–water partition coefficient (Wildman–Crippen LogP) is 0.0145. The van der Waals surface area contributed by atoms with Crippen LogP contribution in [0.5, 0.6) is 0 Å². The number of hydrogen-bond donors (Lipinski definition) is 7. The van der Waals surface area contributed by atoms with Crippen molar-refractivity contribution in [1.82, 2.24) is 40.5 Å². The van der Waals surface area contributed by atoms with Crippen molar-refractivity contribution >= 4 is 34.6 Å². The molecule has 1 fully saturated rings. The van der Waals surface area contributed by atoms with Crippen LogP contribution in [0.2, 0.25) is 0 Å². The number of nitrogens with one attached hydrogen (secondary N) is 5. The van der Waals surface area contributed by atoms with Crippen LogP contribution in [0.15, 0.2) is 55.5 Å². The summed E-state index contributed by atoms with van der Waals surface area (Å²) in [5.74, 6) is -2.77. The van der Waals surface area contributed by atoms with Crippen LogP contribution < -0.4 is 16.4 Å². The van der Waals surface area contributed by atoms with Gasteiger partial charge in [-0.1, -0.05) is 18.2 Å². The molecule has 0 saturated carbocycles. The van der Waals surface area contributed by atoms with Crippen molar-refractivity contribution in [3.05, 3.63) is 72.5 Å². The number of fused-ring (bicyclic) bond motifs is 1. The Balaban J connectivity index is 1.28. The second-order valence-corrected chi connectivity index (χ2v) is 10.4. The molecule has 42 heavy (non-hydrogen) atoms. The average Bonchev–Trinajstić information content (AvgIpc) is 3.80. The maximum Gasteiger partial charge on any atom is 0.326 e. The van der Waals surface area contributed by atoms with Gasteiger partial charge in [0.2, 0.25) is 17.7 Å². The normalized spacial score (nSPS) is 17.1. The first-order valence-corrected chi connectivity index (χ1v) is 13.7. The molecule has 0 radical (unpaired) electrons. The summed E-state index contributed by atoms with van der Waals surface area (Å²) in [5.41, 5.74) is 9.02. The van der Waals surface area contributed by atoms with Crippen molar-refractivity contribution in [3.8, 4) is 0 Å². The zero-order chi connectivity index (χ0) is 29.6. The van der Waals surface area contributed by atoms with Gasteiger partial charge in [0.05, 0.1) is 18.7 Å². The molecule has 220 valence electrons. The summed E-state index contributed by atoms with van der Waals surface area (Å²) >= 11 is 0. The summed E-state index contributed by atoms with van der Waals surface area (Å²) in [4.78, 5) is 70.6. The molecule has 4 unspecified atom stereocenters. The van der Waals surface area contributed by atoms with Gasteiger partial charge in [0.1, 0.15) is 18.1 Å². The maximum atomic E-state index is 13.5. The first kappa shape index (κ1) is 28.5. The molecule has 0 aliphatic carbocycles. The second-order valence-electron chi connectivity index (χ2n) is 10.4. The molecule has 3 amide bonds. The highest BCUT2D eigenvalue weighted by atomic mass is 16.4. The summed E-state index contributed by atoms with van der Waals surface area (Å²) in [5, 5.41) is 16.1. The number of aromatic nitrogens is 5. The topological polar surface area (TPSA) is 215 Å². The summed E-state index contributed by atoms with van der Waals surface area (Å²) < 4.78 is 0. The third kappa shape index (κ3) is 6.49. The largest absolute Gasteiger partial charge is 0.480 e. The lowest BCUT2D eigenvalue weighted by Gasteiger charge is -2.28. The van der Waals surface area contributed by atoms with Gasteiger partial charge >= 0.3 is 5.97 Å². The summed E-state index contributed by atoms with van der Waals surface area (Å²) in [6.07, 6.45) is 9.10. The first-order valence-electron chi connectivity index (χ1n) is 13.7. The van der Waals surface area contributed by atoms with Crippen LogP contribution in [0.25, 0.3) is 10.9 Å². The molecule has 4 atom stereocenters. The molecule has 14 heteroatoms. The lowest BCUT2D eigenvalue weighted by Crippen LogP contribution is -2.57. The summed E-state index contributed by atoms with van der Waals surface area (Å²) in [6.45, 7) is 0.358. The van der Waals surface area contributed by atoms with Crippen LogP contribution >= 0.6 is 0 Å². The lowest BCUT2D eigenvalue weighted by molar-refractivity contribution is -0.143. The molecule has 8 N–H and O–H groups in total. The number of likely N-dealkylation sites (tertiary alicyclic amines) is 1. The molecule has 3 aromatic heterocycles. The Bertz CT molecular complexity index is 1530. The molecule has 1 aromatic carbocycles. The zero-order valence-electron chi connectivity index (χ0n) is 22.7. The smallest absolute Gasteiger partial charge is 0.326 e. The number of nitrogens with zero attached hydrogens (tertiary/aromatic N) is 3. The fourth-order valence-corrected chi connectivity index (χ4v) is 5.32. The molecule has 0 bridgehead atoms. The van der Waals surface area contributed by atoms with Gasteiger partial charge in [-0.25, -0.2) is 14.8 Å². The number of H-pyrrole nitrogens is 3. The molecule has 1 aliphatic heterocycles. The van der Waals surface area contributed by atoms with E-state index in [2.05, 4.69) is 35.6 Å². The number of imidazole rings is 2. The first-order chi connectivity index (χ1) is 20.3. The Morgan fingerprint density at radius 1 is 0.976 bits per heavy atom. The number of carbonyl (C=O) groups excluding carboxylic acids is 3. The van der Waals surface area contributed by atoms with Crippen LogP contribution in [-0.4, -0.2) is 89.3 Å². The van der Waals surface area contributed by atoms with Crippen molar-refractivity contribution < 1.29 is 24.3 Å². The van der Waals surface area contributed by atoms with Gasteiger partial charge in [-0.05, 0) is 24.5 Å². The summed E-state index contributed by atoms with van der Waals surface area (Å²) in [6, 6.07) is 3.41. The number of nitrogens with two attached hydrogens (primary N) is 1. The highest BCUT2D eigenvalue weighted by molar-refractivity contribution is 5.95. The number of amides is 3. The number of rotatable bonds is 12. The lowest BCUT2D eigenvalue weighted by atomic mass is 10.0. The Morgan fingerprint density at radius 3 is 2.38 bits per heavy atom. The van der Waals surface area contributed by atoms with E-state index in [-0.39, 0.29) is 25.2 Å². The molecular weight excluding hydrogens is 542 g/mol. The van der Waals surface area contributed by atoms with Gasteiger partial charge in [0.15, 0.2) is 0 Å². The van der Waals surface area contributed by atoms with E-state index >= 15 is 0 Å². The number of benzene rings is 1. The fraction of sp³-hybridized carbons (Fsp3) is 0.357. The minimum atomic E-state index is -1.25. The zero-order valence-corrected chi connectivity index (χ0v) is 22.7. The maximum absolute atomic E-state index is 13.5. The highest BCUT2D eigenvalue weighted by Gasteiger charge is 2.38. The minimum absolute atomic E-state index is 0.0366.